The minimum atomic E-state index is -3.65. The summed E-state index contributed by atoms with van der Waals surface area (Å²) in [6, 6.07) is 8.28. The zero-order valence-electron chi connectivity index (χ0n) is 16.1. The van der Waals surface area contributed by atoms with Crippen LogP contribution in [0.5, 0.6) is 0 Å². The first-order valence-corrected chi connectivity index (χ1v) is 12.3. The van der Waals surface area contributed by atoms with Gasteiger partial charge in [-0.25, -0.2) is 18.0 Å². The second-order valence-corrected chi connectivity index (χ2v) is 11.0. The molecule has 1 aromatic carbocycles. The highest BCUT2D eigenvalue weighted by molar-refractivity contribution is 8.03. The molecule has 8 nitrogen and oxygen atoms in total. The number of esters is 2. The Morgan fingerprint density at radius 1 is 1.13 bits per heavy atom. The highest BCUT2D eigenvalue weighted by Crippen LogP contribution is 2.35. The van der Waals surface area contributed by atoms with E-state index in [0.29, 0.717) is 28.6 Å². The van der Waals surface area contributed by atoms with Gasteiger partial charge >= 0.3 is 11.9 Å². The second kappa shape index (κ2) is 7.64. The van der Waals surface area contributed by atoms with Gasteiger partial charge in [0.2, 0.25) is 0 Å². The monoisotopic (exact) mass is 466 g/mol. The van der Waals surface area contributed by atoms with E-state index in [-0.39, 0.29) is 9.78 Å². The molecule has 2 aliphatic rings. The van der Waals surface area contributed by atoms with Gasteiger partial charge in [0.05, 0.1) is 5.03 Å². The minimum absolute atomic E-state index is 0.172. The smallest absolute Gasteiger partial charge is 0.351 e. The summed E-state index contributed by atoms with van der Waals surface area (Å²) in [6.07, 6.45) is 0.605. The molecule has 0 radical (unpaired) electrons. The predicted octanol–water partition coefficient (Wildman–Crippen LogP) is 3.30. The van der Waals surface area contributed by atoms with E-state index in [0.717, 1.165) is 16.9 Å². The van der Waals surface area contributed by atoms with E-state index in [1.807, 2.05) is 0 Å². The van der Waals surface area contributed by atoms with Crippen LogP contribution in [0.25, 0.3) is 0 Å². The maximum Gasteiger partial charge on any atom is 0.351 e. The number of ether oxygens (including phenoxy) is 2. The molecule has 0 atom stereocenters. The molecule has 2 aromatic rings. The van der Waals surface area contributed by atoms with E-state index in [4.69, 9.17) is 9.47 Å². The van der Waals surface area contributed by atoms with Crippen LogP contribution in [-0.2, 0) is 35.5 Å². The van der Waals surface area contributed by atoms with Crippen molar-refractivity contribution in [1.29, 1.82) is 0 Å². The molecular formula is C19H18N2O6S3. The molecule has 0 spiro atoms. The maximum absolute atomic E-state index is 12.5. The van der Waals surface area contributed by atoms with E-state index < -0.39 is 27.7 Å². The lowest BCUT2D eigenvalue weighted by Crippen LogP contribution is -2.42. The number of cyclic esters (lactones) is 2. The van der Waals surface area contributed by atoms with Crippen molar-refractivity contribution in [2.45, 2.75) is 30.3 Å². The number of hydrogen-bond donors (Lipinski definition) is 2. The fourth-order valence-electron chi connectivity index (χ4n) is 3.00. The third-order valence-corrected chi connectivity index (χ3v) is 8.08. The largest absolute Gasteiger partial charge is 0.419 e. The van der Waals surface area contributed by atoms with Crippen molar-refractivity contribution in [3.8, 4) is 0 Å². The molecule has 0 bridgehead atoms. The maximum atomic E-state index is 12.5. The van der Waals surface area contributed by atoms with Gasteiger partial charge in [0.15, 0.2) is 5.57 Å². The first-order valence-electron chi connectivity index (χ1n) is 8.95. The lowest BCUT2D eigenvalue weighted by molar-refractivity contribution is -0.222. The fourth-order valence-corrected chi connectivity index (χ4v) is 6.06. The summed E-state index contributed by atoms with van der Waals surface area (Å²) in [7, 11) is -3.65. The molecule has 4 rings (SSSR count). The zero-order valence-corrected chi connectivity index (χ0v) is 18.5. The molecule has 158 valence electrons. The van der Waals surface area contributed by atoms with Crippen molar-refractivity contribution in [2.24, 2.45) is 0 Å². The number of sulfonamides is 1. The molecule has 0 amide bonds. The van der Waals surface area contributed by atoms with Crippen LogP contribution < -0.4 is 10.0 Å². The summed E-state index contributed by atoms with van der Waals surface area (Å²) in [5.41, 5.74) is 1.78. The van der Waals surface area contributed by atoms with Gasteiger partial charge in [0.1, 0.15) is 4.21 Å². The standard InChI is InChI=1S/C19H18N2O6S3/c1-19(2)26-17(22)15(18(23)27-19)16-20-13-6-5-12(10-11(13)7-9-29-16)21-30(24,25)14-4-3-8-28-14/h3-6,8,10,20-21H,7,9H2,1-2H3. The highest BCUT2D eigenvalue weighted by atomic mass is 32.2. The van der Waals surface area contributed by atoms with Crippen LogP contribution in [0.1, 0.15) is 19.4 Å². The van der Waals surface area contributed by atoms with Crippen LogP contribution in [-0.4, -0.2) is 31.9 Å². The van der Waals surface area contributed by atoms with Crippen LogP contribution in [0.3, 0.4) is 0 Å². The Labute approximate surface area is 181 Å². The zero-order chi connectivity index (χ0) is 21.5. The van der Waals surface area contributed by atoms with Crippen molar-refractivity contribution in [3.05, 3.63) is 51.9 Å². The molecule has 2 aliphatic heterocycles. The van der Waals surface area contributed by atoms with Gasteiger partial charge in [-0.2, -0.15) is 0 Å². The Kier molecular flexibility index (Phi) is 5.28. The normalized spacial score (nSPS) is 18.6. The molecule has 1 aromatic heterocycles. The first kappa shape index (κ1) is 20.8. The minimum Gasteiger partial charge on any atom is -0.419 e. The Bertz CT molecular complexity index is 1130. The SMILES string of the molecule is CC1(C)OC(=O)C(=C2Nc3ccc(NS(=O)(=O)c4cccs4)cc3CCS2)C(=O)O1. The molecular weight excluding hydrogens is 448 g/mol. The number of fused-ring (bicyclic) bond motifs is 1. The average Bonchev–Trinajstić information content (AvgIpc) is 3.10. The summed E-state index contributed by atoms with van der Waals surface area (Å²) in [6.45, 7) is 2.98. The third-order valence-electron chi connectivity index (χ3n) is 4.30. The van der Waals surface area contributed by atoms with E-state index in [1.165, 1.54) is 31.7 Å². The Morgan fingerprint density at radius 3 is 2.53 bits per heavy atom. The highest BCUT2D eigenvalue weighted by Gasteiger charge is 2.41. The molecule has 0 aliphatic carbocycles. The van der Waals surface area contributed by atoms with Gasteiger partial charge in [-0.3, -0.25) is 4.72 Å². The van der Waals surface area contributed by atoms with E-state index in [9.17, 15) is 18.0 Å². The van der Waals surface area contributed by atoms with Gasteiger partial charge in [-0.15, -0.1) is 23.1 Å². The van der Waals surface area contributed by atoms with Gasteiger partial charge in [0, 0.05) is 31.0 Å². The Hall–Kier alpha value is -2.50. The molecule has 11 heteroatoms. The lowest BCUT2D eigenvalue weighted by Gasteiger charge is -2.30. The van der Waals surface area contributed by atoms with Crippen molar-refractivity contribution in [3.63, 3.8) is 0 Å². The van der Waals surface area contributed by atoms with E-state index in [1.54, 1.807) is 29.6 Å². The average molecular weight is 467 g/mol. The molecule has 3 heterocycles. The van der Waals surface area contributed by atoms with Gasteiger partial charge in [-0.05, 0) is 41.6 Å². The number of hydrogen-bond acceptors (Lipinski definition) is 9. The number of carbonyl (C=O) groups is 2. The van der Waals surface area contributed by atoms with Crippen LogP contribution in [0.4, 0.5) is 11.4 Å². The first-order chi connectivity index (χ1) is 14.1. The number of anilines is 2. The van der Waals surface area contributed by atoms with Crippen molar-refractivity contribution in [2.75, 3.05) is 15.8 Å². The quantitative estimate of drug-likeness (QED) is 0.403. The van der Waals surface area contributed by atoms with Gasteiger partial charge < -0.3 is 14.8 Å². The van der Waals surface area contributed by atoms with Gasteiger partial charge in [0.25, 0.3) is 15.8 Å². The molecule has 1 saturated heterocycles. The van der Waals surface area contributed by atoms with Crippen LogP contribution >= 0.6 is 23.1 Å². The fraction of sp³-hybridized carbons (Fsp3) is 0.263. The molecule has 30 heavy (non-hydrogen) atoms. The Morgan fingerprint density at radius 2 is 1.87 bits per heavy atom. The summed E-state index contributed by atoms with van der Waals surface area (Å²) < 4.78 is 38.1. The summed E-state index contributed by atoms with van der Waals surface area (Å²) in [5, 5.41) is 5.15. The second-order valence-electron chi connectivity index (χ2n) is 7.02. The molecule has 1 fully saturated rings. The van der Waals surface area contributed by atoms with E-state index >= 15 is 0 Å². The molecule has 2 N–H and O–H groups in total. The van der Waals surface area contributed by atoms with Crippen molar-refractivity contribution >= 4 is 56.4 Å². The van der Waals surface area contributed by atoms with Crippen molar-refractivity contribution in [1.82, 2.24) is 0 Å². The number of aryl methyl sites for hydroxylation is 1. The van der Waals surface area contributed by atoms with Crippen molar-refractivity contribution < 1.29 is 27.5 Å². The number of carbonyl (C=O) groups excluding carboxylic acids is 2. The number of thioether (sulfide) groups is 1. The molecule has 0 saturated carbocycles. The molecule has 0 unspecified atom stereocenters. The number of benzene rings is 1. The number of rotatable bonds is 3. The summed E-state index contributed by atoms with van der Waals surface area (Å²) in [4.78, 5) is 24.7. The lowest BCUT2D eigenvalue weighted by atomic mass is 10.1. The van der Waals surface area contributed by atoms with Crippen LogP contribution in [0.15, 0.2) is 50.5 Å². The predicted molar refractivity (Wildman–Crippen MR) is 115 cm³/mol. The topological polar surface area (TPSA) is 111 Å². The van der Waals surface area contributed by atoms with E-state index in [2.05, 4.69) is 10.0 Å². The van der Waals surface area contributed by atoms with Gasteiger partial charge in [-0.1, -0.05) is 6.07 Å². The van der Waals surface area contributed by atoms with Crippen LogP contribution in [0, 0.1) is 0 Å². The third kappa shape index (κ3) is 4.18. The Balaban J connectivity index is 1.61. The summed E-state index contributed by atoms with van der Waals surface area (Å²) >= 11 is 2.44. The number of nitrogens with one attached hydrogen (secondary N) is 2. The summed E-state index contributed by atoms with van der Waals surface area (Å²) in [5.74, 6) is -2.21. The number of thiophene rings is 1. The van der Waals surface area contributed by atoms with Crippen LogP contribution in [0.2, 0.25) is 0 Å².